The van der Waals surface area contributed by atoms with E-state index in [0.29, 0.717) is 17.6 Å². The first-order valence-electron chi connectivity index (χ1n) is 9.30. The highest BCUT2D eigenvalue weighted by atomic mass is 79.9. The van der Waals surface area contributed by atoms with Crippen molar-refractivity contribution in [2.45, 2.75) is 31.5 Å². The zero-order valence-corrected chi connectivity index (χ0v) is 18.8. The quantitative estimate of drug-likeness (QED) is 0.336. The van der Waals surface area contributed by atoms with E-state index in [9.17, 15) is 4.79 Å². The second-order valence-electron chi connectivity index (χ2n) is 6.83. The van der Waals surface area contributed by atoms with Crippen molar-refractivity contribution in [2.24, 2.45) is 0 Å². The molecular formula is C22H23BrN4OS. The molecular weight excluding hydrogens is 448 g/mol. The molecule has 1 heterocycles. The molecule has 1 amide bonds. The van der Waals surface area contributed by atoms with Crippen molar-refractivity contribution < 1.29 is 4.79 Å². The third kappa shape index (κ3) is 5.58. The molecule has 0 bridgehead atoms. The number of nitrogens with zero attached hydrogens (tertiary/aromatic N) is 3. The molecule has 0 aliphatic heterocycles. The lowest BCUT2D eigenvalue weighted by molar-refractivity contribution is -0.113. The number of hydrogen-bond donors (Lipinski definition) is 1. The van der Waals surface area contributed by atoms with E-state index in [1.807, 2.05) is 53.1 Å². The summed E-state index contributed by atoms with van der Waals surface area (Å²) in [6, 6.07) is 15.8. The molecule has 0 atom stereocenters. The van der Waals surface area contributed by atoms with Crippen LogP contribution in [0.1, 0.15) is 25.3 Å². The lowest BCUT2D eigenvalue weighted by atomic mass is 10.0. The van der Waals surface area contributed by atoms with Crippen molar-refractivity contribution in [1.82, 2.24) is 14.8 Å². The number of hydrogen-bond acceptors (Lipinski definition) is 4. The molecule has 150 valence electrons. The number of rotatable bonds is 8. The Labute approximate surface area is 183 Å². The van der Waals surface area contributed by atoms with Crippen LogP contribution in [0.4, 0.5) is 5.69 Å². The fourth-order valence-corrected chi connectivity index (χ4v) is 3.79. The summed E-state index contributed by atoms with van der Waals surface area (Å²) in [6.07, 6.45) is 1.80. The molecule has 0 spiro atoms. The Morgan fingerprint density at radius 3 is 2.48 bits per heavy atom. The number of thioether (sulfide) groups is 1. The summed E-state index contributed by atoms with van der Waals surface area (Å²) in [4.78, 5) is 12.4. The lowest BCUT2D eigenvalue weighted by Gasteiger charge is -2.09. The molecule has 29 heavy (non-hydrogen) atoms. The predicted molar refractivity (Wildman–Crippen MR) is 123 cm³/mol. The second-order valence-corrected chi connectivity index (χ2v) is 8.68. The third-order valence-corrected chi connectivity index (χ3v) is 5.82. The number of carbonyl (C=O) groups excluding carboxylic acids is 1. The van der Waals surface area contributed by atoms with Gasteiger partial charge in [0.05, 0.1) is 5.75 Å². The molecule has 0 aliphatic rings. The highest BCUT2D eigenvalue weighted by Crippen LogP contribution is 2.25. The van der Waals surface area contributed by atoms with Crippen LogP contribution in [0.3, 0.4) is 0 Å². The maximum absolute atomic E-state index is 12.4. The van der Waals surface area contributed by atoms with Crippen LogP contribution < -0.4 is 5.32 Å². The van der Waals surface area contributed by atoms with Crippen molar-refractivity contribution in [3.63, 3.8) is 0 Å². The van der Waals surface area contributed by atoms with Gasteiger partial charge in [-0.15, -0.1) is 16.8 Å². The van der Waals surface area contributed by atoms with Gasteiger partial charge < -0.3 is 5.32 Å². The average Bonchev–Trinajstić information content (AvgIpc) is 3.10. The van der Waals surface area contributed by atoms with E-state index >= 15 is 0 Å². The van der Waals surface area contributed by atoms with Crippen molar-refractivity contribution in [2.75, 3.05) is 11.1 Å². The Hall–Kier alpha value is -2.38. The second kappa shape index (κ2) is 9.89. The summed E-state index contributed by atoms with van der Waals surface area (Å²) in [5, 5.41) is 12.2. The van der Waals surface area contributed by atoms with Gasteiger partial charge in [0.2, 0.25) is 5.91 Å². The van der Waals surface area contributed by atoms with E-state index in [-0.39, 0.29) is 11.7 Å². The summed E-state index contributed by atoms with van der Waals surface area (Å²) in [7, 11) is 0. The summed E-state index contributed by atoms with van der Waals surface area (Å²) < 4.78 is 2.97. The molecule has 2 aromatic carbocycles. The van der Waals surface area contributed by atoms with Crippen LogP contribution in [-0.4, -0.2) is 26.4 Å². The fraction of sp³-hybridized carbons (Fsp3) is 0.227. The average molecular weight is 471 g/mol. The molecule has 1 aromatic heterocycles. The SMILES string of the molecule is C=CCn1c(SCC(=O)Nc2ccc(C(C)C)cc2)nnc1-c1ccc(Br)cc1. The first-order valence-corrected chi connectivity index (χ1v) is 11.1. The summed E-state index contributed by atoms with van der Waals surface area (Å²) in [5.41, 5.74) is 3.00. The van der Waals surface area contributed by atoms with Gasteiger partial charge in [-0.25, -0.2) is 0 Å². The number of allylic oxidation sites excluding steroid dienone is 1. The maximum Gasteiger partial charge on any atom is 0.234 e. The molecule has 0 saturated heterocycles. The van der Waals surface area contributed by atoms with Gasteiger partial charge in [0.25, 0.3) is 0 Å². The van der Waals surface area contributed by atoms with Gasteiger partial charge in [-0.05, 0) is 35.7 Å². The number of amides is 1. The molecule has 1 N–H and O–H groups in total. The highest BCUT2D eigenvalue weighted by Gasteiger charge is 2.15. The van der Waals surface area contributed by atoms with Crippen molar-refractivity contribution in [3.05, 3.63) is 71.2 Å². The van der Waals surface area contributed by atoms with Crippen LogP contribution in [0.25, 0.3) is 11.4 Å². The number of anilines is 1. The number of halogens is 1. The Bertz CT molecular complexity index is 981. The van der Waals surface area contributed by atoms with Crippen LogP contribution in [0.15, 0.2) is 70.8 Å². The van der Waals surface area contributed by atoms with Gasteiger partial charge in [0, 0.05) is 22.3 Å². The molecule has 0 radical (unpaired) electrons. The normalized spacial score (nSPS) is 10.9. The van der Waals surface area contributed by atoms with E-state index in [2.05, 4.69) is 51.9 Å². The van der Waals surface area contributed by atoms with Crippen LogP contribution in [-0.2, 0) is 11.3 Å². The van der Waals surface area contributed by atoms with Crippen LogP contribution in [0, 0.1) is 0 Å². The lowest BCUT2D eigenvalue weighted by Crippen LogP contribution is -2.14. The van der Waals surface area contributed by atoms with Crippen molar-refractivity contribution >= 4 is 39.3 Å². The summed E-state index contributed by atoms with van der Waals surface area (Å²) in [5.74, 6) is 1.39. The molecule has 3 rings (SSSR count). The Morgan fingerprint density at radius 2 is 1.86 bits per heavy atom. The topological polar surface area (TPSA) is 59.8 Å². The van der Waals surface area contributed by atoms with Gasteiger partial charge in [-0.3, -0.25) is 9.36 Å². The first kappa shape index (κ1) is 21.3. The third-order valence-electron chi connectivity index (χ3n) is 4.32. The summed E-state index contributed by atoms with van der Waals surface area (Å²) in [6.45, 7) is 8.68. The highest BCUT2D eigenvalue weighted by molar-refractivity contribution is 9.10. The zero-order chi connectivity index (χ0) is 20.8. The Balaban J connectivity index is 1.67. The standard InChI is InChI=1S/C22H23BrN4OS/c1-4-13-27-21(17-5-9-18(23)10-6-17)25-26-22(27)29-14-20(28)24-19-11-7-16(8-12-19)15(2)3/h4-12,15H,1,13-14H2,2-3H3,(H,24,28). The van der Waals surface area contributed by atoms with E-state index in [1.165, 1.54) is 17.3 Å². The van der Waals surface area contributed by atoms with E-state index < -0.39 is 0 Å². The van der Waals surface area contributed by atoms with Gasteiger partial charge in [-0.1, -0.05) is 71.9 Å². The number of nitrogens with one attached hydrogen (secondary N) is 1. The molecule has 0 fully saturated rings. The predicted octanol–water partition coefficient (Wildman–Crippen LogP) is 5.75. The molecule has 3 aromatic rings. The van der Waals surface area contributed by atoms with Gasteiger partial charge in [-0.2, -0.15) is 0 Å². The molecule has 0 saturated carbocycles. The smallest absolute Gasteiger partial charge is 0.234 e. The van der Waals surface area contributed by atoms with Crippen LogP contribution in [0.2, 0.25) is 0 Å². The van der Waals surface area contributed by atoms with E-state index in [1.54, 1.807) is 6.08 Å². The van der Waals surface area contributed by atoms with Gasteiger partial charge in [0.1, 0.15) is 0 Å². The van der Waals surface area contributed by atoms with E-state index in [4.69, 9.17) is 0 Å². The van der Waals surface area contributed by atoms with Crippen LogP contribution >= 0.6 is 27.7 Å². The minimum Gasteiger partial charge on any atom is -0.325 e. The molecule has 5 nitrogen and oxygen atoms in total. The summed E-state index contributed by atoms with van der Waals surface area (Å²) >= 11 is 4.80. The van der Waals surface area contributed by atoms with Crippen molar-refractivity contribution in [3.8, 4) is 11.4 Å². The molecule has 0 aliphatic carbocycles. The number of aromatic nitrogens is 3. The Morgan fingerprint density at radius 1 is 1.17 bits per heavy atom. The van der Waals surface area contributed by atoms with Gasteiger partial charge >= 0.3 is 0 Å². The molecule has 7 heteroatoms. The Kier molecular flexibility index (Phi) is 7.28. The minimum absolute atomic E-state index is 0.0781. The number of benzene rings is 2. The zero-order valence-electron chi connectivity index (χ0n) is 16.4. The minimum atomic E-state index is -0.0781. The molecule has 0 unspecified atom stereocenters. The fourth-order valence-electron chi connectivity index (χ4n) is 2.78. The monoisotopic (exact) mass is 470 g/mol. The largest absolute Gasteiger partial charge is 0.325 e. The first-order chi connectivity index (χ1) is 14.0. The van der Waals surface area contributed by atoms with E-state index in [0.717, 1.165) is 21.5 Å². The maximum atomic E-state index is 12.4. The van der Waals surface area contributed by atoms with Gasteiger partial charge in [0.15, 0.2) is 11.0 Å². The van der Waals surface area contributed by atoms with Crippen molar-refractivity contribution in [1.29, 1.82) is 0 Å². The van der Waals surface area contributed by atoms with Crippen LogP contribution in [0.5, 0.6) is 0 Å². The number of carbonyl (C=O) groups is 1.